The predicted octanol–water partition coefficient (Wildman–Crippen LogP) is 3.52. The zero-order valence-electron chi connectivity index (χ0n) is 10.6. The van der Waals surface area contributed by atoms with E-state index in [0.717, 1.165) is 18.2 Å². The van der Waals surface area contributed by atoms with Crippen LogP contribution in [0.2, 0.25) is 12.6 Å². The molecule has 0 aliphatic heterocycles. The maximum Gasteiger partial charge on any atom is 0.334 e. The molecule has 0 saturated heterocycles. The zero-order valence-corrected chi connectivity index (χ0v) is 12.4. The summed E-state index contributed by atoms with van der Waals surface area (Å²) in [7, 11) is 1.66. The van der Waals surface area contributed by atoms with Crippen LogP contribution in [-0.4, -0.2) is 28.5 Å². The van der Waals surface area contributed by atoms with Gasteiger partial charge in [-0.25, -0.2) is 0 Å². The largest absolute Gasteiger partial charge is 0.398 e. The summed E-state index contributed by atoms with van der Waals surface area (Å²) in [6.45, 7) is 2.11. The van der Waals surface area contributed by atoms with E-state index in [1.807, 2.05) is 0 Å². The van der Waals surface area contributed by atoms with Crippen LogP contribution in [0.3, 0.4) is 0 Å². The standard InChI is InChI=1S/C11H23NO2SSi/c1-13-16(3,14-2)10-8-6-4-5-7-9-15-11-12/h4-10H2,1-3H3. The number of thioether (sulfide) groups is 1. The van der Waals surface area contributed by atoms with Gasteiger partial charge in [-0.15, -0.1) is 0 Å². The van der Waals surface area contributed by atoms with Crippen molar-refractivity contribution < 1.29 is 8.85 Å². The number of rotatable bonds is 10. The first-order chi connectivity index (χ1) is 7.68. The molecule has 0 bridgehead atoms. The van der Waals surface area contributed by atoms with Crippen molar-refractivity contribution in [3.8, 4) is 5.40 Å². The molecule has 0 saturated carbocycles. The molecule has 0 aromatic heterocycles. The minimum atomic E-state index is -1.83. The van der Waals surface area contributed by atoms with Crippen molar-refractivity contribution in [2.75, 3.05) is 20.0 Å². The first-order valence-electron chi connectivity index (χ1n) is 5.79. The van der Waals surface area contributed by atoms with Crippen molar-refractivity contribution in [2.24, 2.45) is 0 Å². The Morgan fingerprint density at radius 2 is 1.62 bits per heavy atom. The summed E-state index contributed by atoms with van der Waals surface area (Å²) >= 11 is 1.36. The monoisotopic (exact) mass is 261 g/mol. The van der Waals surface area contributed by atoms with Crippen LogP contribution >= 0.6 is 11.8 Å². The maximum absolute atomic E-state index is 8.34. The van der Waals surface area contributed by atoms with Crippen LogP contribution < -0.4 is 0 Å². The molecule has 94 valence electrons. The van der Waals surface area contributed by atoms with E-state index in [2.05, 4.69) is 11.9 Å². The summed E-state index contributed by atoms with van der Waals surface area (Å²) < 4.78 is 10.8. The minimum Gasteiger partial charge on any atom is -0.398 e. The Morgan fingerprint density at radius 3 is 2.19 bits per heavy atom. The fraction of sp³-hybridized carbons (Fsp3) is 0.909. The third-order valence-electron chi connectivity index (χ3n) is 2.81. The van der Waals surface area contributed by atoms with Gasteiger partial charge in [-0.05, 0) is 30.8 Å². The summed E-state index contributed by atoms with van der Waals surface area (Å²) in [6.07, 6.45) is 6.07. The Hall–Kier alpha value is -0.0231. The number of nitriles is 1. The summed E-state index contributed by atoms with van der Waals surface area (Å²) in [5.41, 5.74) is 0. The highest BCUT2D eigenvalue weighted by molar-refractivity contribution is 8.03. The molecule has 0 heterocycles. The Balaban J connectivity index is 3.30. The molecule has 0 fully saturated rings. The van der Waals surface area contributed by atoms with Gasteiger partial charge in [-0.2, -0.15) is 5.26 Å². The molecule has 0 aromatic carbocycles. The number of nitrogens with zero attached hydrogens (tertiary/aromatic N) is 1. The van der Waals surface area contributed by atoms with E-state index in [4.69, 9.17) is 14.1 Å². The van der Waals surface area contributed by atoms with Crippen LogP contribution in [0.25, 0.3) is 0 Å². The molecule has 0 atom stereocenters. The summed E-state index contributed by atoms with van der Waals surface area (Å²) in [4.78, 5) is 0. The lowest BCUT2D eigenvalue weighted by molar-refractivity contribution is 0.248. The van der Waals surface area contributed by atoms with Crippen LogP contribution in [0.5, 0.6) is 0 Å². The molecule has 0 unspecified atom stereocenters. The summed E-state index contributed by atoms with van der Waals surface area (Å²) in [5.74, 6) is 0.971. The van der Waals surface area contributed by atoms with Gasteiger partial charge >= 0.3 is 8.56 Å². The van der Waals surface area contributed by atoms with Gasteiger partial charge in [0, 0.05) is 20.0 Å². The molecule has 0 aliphatic rings. The molecule has 16 heavy (non-hydrogen) atoms. The second-order valence-electron chi connectivity index (χ2n) is 4.00. The lowest BCUT2D eigenvalue weighted by Crippen LogP contribution is -2.35. The molecule has 0 spiro atoms. The van der Waals surface area contributed by atoms with Crippen molar-refractivity contribution in [1.29, 1.82) is 5.26 Å². The normalized spacial score (nSPS) is 11.4. The fourth-order valence-electron chi connectivity index (χ4n) is 1.48. The summed E-state index contributed by atoms with van der Waals surface area (Å²) in [6, 6.07) is 1.08. The van der Waals surface area contributed by atoms with Gasteiger partial charge in [-0.3, -0.25) is 0 Å². The molecule has 5 heteroatoms. The van der Waals surface area contributed by atoms with Gasteiger partial charge in [-0.1, -0.05) is 25.7 Å². The molecular formula is C11H23NO2SSi. The van der Waals surface area contributed by atoms with Gasteiger partial charge < -0.3 is 8.85 Å². The van der Waals surface area contributed by atoms with Crippen LogP contribution in [-0.2, 0) is 8.85 Å². The maximum atomic E-state index is 8.34. The van der Waals surface area contributed by atoms with Crippen LogP contribution in [0, 0.1) is 10.7 Å². The van der Waals surface area contributed by atoms with Gasteiger partial charge in [0.25, 0.3) is 0 Å². The van der Waals surface area contributed by atoms with Crippen molar-refractivity contribution >= 4 is 20.3 Å². The second-order valence-corrected chi connectivity index (χ2v) is 8.46. The van der Waals surface area contributed by atoms with Gasteiger partial charge in [0.05, 0.1) is 0 Å². The SMILES string of the molecule is CO[Si](C)(CCCCCCCSC#N)OC. The highest BCUT2D eigenvalue weighted by Gasteiger charge is 2.27. The average Bonchev–Trinajstić information content (AvgIpc) is 2.32. The lowest BCUT2D eigenvalue weighted by atomic mass is 10.2. The van der Waals surface area contributed by atoms with E-state index >= 15 is 0 Å². The summed E-state index contributed by atoms with van der Waals surface area (Å²) in [5, 5.41) is 10.4. The average molecular weight is 261 g/mol. The van der Waals surface area contributed by atoms with Crippen LogP contribution in [0.15, 0.2) is 0 Å². The number of hydrogen-bond acceptors (Lipinski definition) is 4. The van der Waals surface area contributed by atoms with Crippen molar-refractivity contribution in [3.05, 3.63) is 0 Å². The topological polar surface area (TPSA) is 42.2 Å². The Bertz CT molecular complexity index is 205. The molecule has 0 rings (SSSR count). The molecule has 3 nitrogen and oxygen atoms in total. The van der Waals surface area contributed by atoms with Crippen molar-refractivity contribution in [2.45, 2.75) is 44.7 Å². The number of thiocyanates is 1. The lowest BCUT2D eigenvalue weighted by Gasteiger charge is -2.22. The Morgan fingerprint density at radius 1 is 1.06 bits per heavy atom. The molecule has 0 N–H and O–H groups in total. The first kappa shape index (κ1) is 16.0. The van der Waals surface area contributed by atoms with Crippen LogP contribution in [0.4, 0.5) is 0 Å². The molecule has 0 aliphatic carbocycles. The highest BCUT2D eigenvalue weighted by atomic mass is 32.2. The van der Waals surface area contributed by atoms with Crippen LogP contribution in [0.1, 0.15) is 32.1 Å². The highest BCUT2D eigenvalue weighted by Crippen LogP contribution is 2.17. The minimum absolute atomic E-state index is 0.971. The van der Waals surface area contributed by atoms with E-state index in [1.54, 1.807) is 14.2 Å². The Labute approximate surface area is 105 Å². The Kier molecular flexibility index (Phi) is 10.1. The molecule has 0 radical (unpaired) electrons. The molecule has 0 amide bonds. The smallest absolute Gasteiger partial charge is 0.334 e. The van der Waals surface area contributed by atoms with Gasteiger partial charge in [0.1, 0.15) is 5.40 Å². The van der Waals surface area contributed by atoms with Crippen molar-refractivity contribution in [1.82, 2.24) is 0 Å². The van der Waals surface area contributed by atoms with E-state index in [-0.39, 0.29) is 0 Å². The molecule has 0 aromatic rings. The van der Waals surface area contributed by atoms with E-state index in [0.29, 0.717) is 0 Å². The number of unbranched alkanes of at least 4 members (excludes halogenated alkanes) is 4. The number of hydrogen-bond donors (Lipinski definition) is 0. The van der Waals surface area contributed by atoms with E-state index in [9.17, 15) is 0 Å². The third-order valence-corrected chi connectivity index (χ3v) is 6.42. The quantitative estimate of drug-likeness (QED) is 0.343. The second kappa shape index (κ2) is 10.2. The van der Waals surface area contributed by atoms with Crippen molar-refractivity contribution in [3.63, 3.8) is 0 Å². The zero-order chi connectivity index (χ0) is 12.3. The molecular weight excluding hydrogens is 238 g/mol. The first-order valence-corrected chi connectivity index (χ1v) is 9.30. The van der Waals surface area contributed by atoms with Gasteiger partial charge in [0.2, 0.25) is 0 Å². The van der Waals surface area contributed by atoms with Gasteiger partial charge in [0.15, 0.2) is 0 Å². The predicted molar refractivity (Wildman–Crippen MR) is 71.6 cm³/mol. The fourth-order valence-corrected chi connectivity index (χ4v) is 3.39. The van der Waals surface area contributed by atoms with E-state index in [1.165, 1.54) is 37.4 Å². The van der Waals surface area contributed by atoms with E-state index < -0.39 is 8.56 Å². The third kappa shape index (κ3) is 8.17.